The summed E-state index contributed by atoms with van der Waals surface area (Å²) in [4.78, 5) is 28.1. The Balaban J connectivity index is 1.71. The van der Waals surface area contributed by atoms with E-state index in [1.165, 1.54) is 0 Å². The molecule has 0 bridgehead atoms. The number of furan rings is 1. The lowest BCUT2D eigenvalue weighted by molar-refractivity contribution is -0.135. The molecule has 7 heteroatoms. The fourth-order valence-corrected chi connectivity index (χ4v) is 4.48. The molecule has 4 rings (SSSR count). The number of fused-ring (bicyclic) bond motifs is 1. The fourth-order valence-electron chi connectivity index (χ4n) is 4.48. The van der Waals surface area contributed by atoms with Gasteiger partial charge in [-0.25, -0.2) is 0 Å². The lowest BCUT2D eigenvalue weighted by Gasteiger charge is -2.33. The summed E-state index contributed by atoms with van der Waals surface area (Å²) >= 11 is 0. The van der Waals surface area contributed by atoms with Crippen molar-refractivity contribution < 1.29 is 23.5 Å². The minimum Gasteiger partial charge on any atom is -0.497 e. The fraction of sp³-hybridized carbons (Fsp3) is 0.333. The van der Waals surface area contributed by atoms with Crippen LogP contribution in [0.5, 0.6) is 11.5 Å². The third-order valence-corrected chi connectivity index (χ3v) is 6.43. The first-order valence-electron chi connectivity index (χ1n) is 11.3. The maximum atomic E-state index is 13.0. The molecule has 2 heterocycles. The molecule has 1 saturated heterocycles. The number of rotatable bonds is 5. The third-order valence-electron chi connectivity index (χ3n) is 6.43. The van der Waals surface area contributed by atoms with Crippen molar-refractivity contribution >= 4 is 28.4 Å². The Labute approximate surface area is 199 Å². The van der Waals surface area contributed by atoms with E-state index in [0.717, 1.165) is 44.5 Å². The van der Waals surface area contributed by atoms with Gasteiger partial charge in [0.05, 0.1) is 20.5 Å². The molecule has 7 nitrogen and oxygen atoms in total. The van der Waals surface area contributed by atoms with Gasteiger partial charge in [-0.1, -0.05) is 12.1 Å². The highest BCUT2D eigenvalue weighted by atomic mass is 16.5. The number of carbonyl (C=O) groups is 2. The smallest absolute Gasteiger partial charge is 0.246 e. The highest BCUT2D eigenvalue weighted by Crippen LogP contribution is 2.41. The lowest BCUT2D eigenvalue weighted by atomic mass is 9.96. The summed E-state index contributed by atoms with van der Waals surface area (Å²) in [5.74, 6) is 1.42. The van der Waals surface area contributed by atoms with Crippen LogP contribution in [0.25, 0.3) is 27.7 Å². The summed E-state index contributed by atoms with van der Waals surface area (Å²) in [6.07, 6.45) is 3.40. The molecule has 1 aromatic heterocycles. The molecule has 0 unspecified atom stereocenters. The van der Waals surface area contributed by atoms with Crippen LogP contribution in [-0.4, -0.2) is 62.0 Å². The molecule has 2 aromatic carbocycles. The van der Waals surface area contributed by atoms with E-state index in [0.29, 0.717) is 31.9 Å². The van der Waals surface area contributed by atoms with Gasteiger partial charge in [0.1, 0.15) is 17.1 Å². The first-order valence-corrected chi connectivity index (χ1v) is 11.3. The van der Waals surface area contributed by atoms with Crippen LogP contribution >= 0.6 is 0 Å². The van der Waals surface area contributed by atoms with Crippen LogP contribution in [-0.2, 0) is 9.59 Å². The van der Waals surface area contributed by atoms with Crippen molar-refractivity contribution in [2.45, 2.75) is 20.8 Å². The van der Waals surface area contributed by atoms with Gasteiger partial charge in [-0.3, -0.25) is 9.59 Å². The van der Waals surface area contributed by atoms with E-state index in [2.05, 4.69) is 0 Å². The maximum absolute atomic E-state index is 13.0. The van der Waals surface area contributed by atoms with Gasteiger partial charge in [-0.15, -0.1) is 0 Å². The number of methoxy groups -OCH3 is 2. The highest BCUT2D eigenvalue weighted by molar-refractivity contribution is 6.01. The monoisotopic (exact) mass is 462 g/mol. The van der Waals surface area contributed by atoms with E-state index in [1.54, 1.807) is 43.3 Å². The summed E-state index contributed by atoms with van der Waals surface area (Å²) in [5, 5.41) is 0.942. The molecule has 0 spiro atoms. The molecule has 34 heavy (non-hydrogen) atoms. The first-order chi connectivity index (χ1) is 16.3. The Morgan fingerprint density at radius 2 is 1.71 bits per heavy atom. The number of allylic oxidation sites excluding steroid dienone is 1. The molecule has 3 aromatic rings. The number of aryl methyl sites for hydroxylation is 1. The zero-order valence-corrected chi connectivity index (χ0v) is 20.3. The second-order valence-corrected chi connectivity index (χ2v) is 8.50. The number of piperazine rings is 1. The Kier molecular flexibility index (Phi) is 6.63. The largest absolute Gasteiger partial charge is 0.497 e. The van der Waals surface area contributed by atoms with Gasteiger partial charge < -0.3 is 23.7 Å². The van der Waals surface area contributed by atoms with Gasteiger partial charge in [0.15, 0.2) is 0 Å². The Morgan fingerprint density at radius 3 is 2.35 bits per heavy atom. The van der Waals surface area contributed by atoms with Crippen LogP contribution in [0.15, 0.2) is 47.1 Å². The molecule has 0 aliphatic carbocycles. The molecule has 2 amide bonds. The normalized spacial score (nSPS) is 14.4. The van der Waals surface area contributed by atoms with Gasteiger partial charge in [0, 0.05) is 61.3 Å². The zero-order chi connectivity index (χ0) is 24.4. The van der Waals surface area contributed by atoms with E-state index in [4.69, 9.17) is 13.9 Å². The van der Waals surface area contributed by atoms with Crippen LogP contribution in [0.3, 0.4) is 0 Å². The molecule has 1 fully saturated rings. The van der Waals surface area contributed by atoms with Crippen LogP contribution < -0.4 is 9.47 Å². The number of amides is 2. The minimum atomic E-state index is -0.0688. The third kappa shape index (κ3) is 4.38. The minimum absolute atomic E-state index is 0.0410. The van der Waals surface area contributed by atoms with Crippen LogP contribution in [0.1, 0.15) is 25.0 Å². The summed E-state index contributed by atoms with van der Waals surface area (Å²) in [6, 6.07) is 9.85. The van der Waals surface area contributed by atoms with Crippen molar-refractivity contribution in [2.24, 2.45) is 0 Å². The van der Waals surface area contributed by atoms with Crippen molar-refractivity contribution in [3.05, 3.63) is 53.8 Å². The number of ether oxygens (including phenoxy) is 2. The second-order valence-electron chi connectivity index (χ2n) is 8.50. The van der Waals surface area contributed by atoms with Crippen molar-refractivity contribution in [2.75, 3.05) is 40.4 Å². The molecular weight excluding hydrogens is 432 g/mol. The summed E-state index contributed by atoms with van der Waals surface area (Å²) in [5.41, 5.74) is 5.19. The molecule has 1 aliphatic heterocycles. The molecule has 0 N–H and O–H groups in total. The van der Waals surface area contributed by atoms with Crippen molar-refractivity contribution in [3.63, 3.8) is 0 Å². The number of benzene rings is 2. The Bertz CT molecular complexity index is 1270. The number of hydrogen-bond acceptors (Lipinski definition) is 5. The predicted octanol–water partition coefficient (Wildman–Crippen LogP) is 4.52. The molecular formula is C27H30N2O5. The van der Waals surface area contributed by atoms with Crippen molar-refractivity contribution in [3.8, 4) is 22.6 Å². The van der Waals surface area contributed by atoms with Gasteiger partial charge in [-0.2, -0.15) is 0 Å². The Morgan fingerprint density at radius 1 is 1.00 bits per heavy atom. The van der Waals surface area contributed by atoms with Crippen LogP contribution in [0.2, 0.25) is 0 Å². The van der Waals surface area contributed by atoms with Gasteiger partial charge in [-0.05, 0) is 43.2 Å². The summed E-state index contributed by atoms with van der Waals surface area (Å²) < 4.78 is 17.1. The van der Waals surface area contributed by atoms with Crippen molar-refractivity contribution in [1.29, 1.82) is 0 Å². The SMILES string of the molecule is COc1cccc(-c2coc3c(C)c(OC)c(/C(C)=C/C(=O)N4CCN(C(C)=O)CC4)cc23)c1. The van der Waals surface area contributed by atoms with Crippen LogP contribution in [0.4, 0.5) is 0 Å². The second kappa shape index (κ2) is 9.63. The van der Waals surface area contributed by atoms with E-state index >= 15 is 0 Å². The summed E-state index contributed by atoms with van der Waals surface area (Å²) in [6.45, 7) is 7.60. The molecule has 0 atom stereocenters. The first kappa shape index (κ1) is 23.4. The van der Waals surface area contributed by atoms with E-state index in [-0.39, 0.29) is 11.8 Å². The zero-order valence-electron chi connectivity index (χ0n) is 20.3. The van der Waals surface area contributed by atoms with E-state index < -0.39 is 0 Å². The van der Waals surface area contributed by atoms with E-state index in [1.807, 2.05) is 44.2 Å². The van der Waals surface area contributed by atoms with Gasteiger partial charge in [0.25, 0.3) is 0 Å². The van der Waals surface area contributed by atoms with Gasteiger partial charge in [0.2, 0.25) is 11.8 Å². The van der Waals surface area contributed by atoms with E-state index in [9.17, 15) is 9.59 Å². The van der Waals surface area contributed by atoms with Crippen LogP contribution in [0, 0.1) is 6.92 Å². The van der Waals surface area contributed by atoms with Gasteiger partial charge >= 0.3 is 0 Å². The topological polar surface area (TPSA) is 72.2 Å². The average Bonchev–Trinajstić information content (AvgIpc) is 3.28. The number of hydrogen-bond donors (Lipinski definition) is 0. The standard InChI is InChI=1S/C27H30N2O5/c1-17(13-25(31)29-11-9-28(10-12-29)19(3)30)22-15-23-24(20-7-6-8-21(14-20)32-4)16-34-27(23)18(2)26(22)33-5/h6-8,13-16H,9-12H2,1-5H3/b17-13+. The van der Waals surface area contributed by atoms with Crippen molar-refractivity contribution in [1.82, 2.24) is 9.80 Å². The molecule has 1 aliphatic rings. The molecule has 0 saturated carbocycles. The predicted molar refractivity (Wildman–Crippen MR) is 132 cm³/mol. The lowest BCUT2D eigenvalue weighted by Crippen LogP contribution is -2.49. The quantitative estimate of drug-likeness (QED) is 0.522. The average molecular weight is 463 g/mol. The molecule has 178 valence electrons. The highest BCUT2D eigenvalue weighted by Gasteiger charge is 2.23. The summed E-state index contributed by atoms with van der Waals surface area (Å²) in [7, 11) is 3.27. The number of nitrogens with zero attached hydrogens (tertiary/aromatic N) is 2. The number of carbonyl (C=O) groups excluding carboxylic acids is 2. The Hall–Kier alpha value is -3.74. The molecule has 0 radical (unpaired) electrons. The maximum Gasteiger partial charge on any atom is 0.246 e.